The Balaban J connectivity index is 1.42. The number of aromatic nitrogens is 2. The number of benzene rings is 2. The van der Waals surface area contributed by atoms with Crippen molar-refractivity contribution in [2.75, 3.05) is 4.90 Å². The zero-order chi connectivity index (χ0) is 26.2. The molecule has 7 heteroatoms. The minimum atomic E-state index is -0.0914. The highest BCUT2D eigenvalue weighted by molar-refractivity contribution is 9.10. The van der Waals surface area contributed by atoms with Gasteiger partial charge in [0, 0.05) is 27.7 Å². The summed E-state index contributed by atoms with van der Waals surface area (Å²) in [6.07, 6.45) is 6.97. The molecule has 0 bridgehead atoms. The van der Waals surface area contributed by atoms with E-state index in [0.717, 1.165) is 40.1 Å². The average molecular weight is 588 g/mol. The van der Waals surface area contributed by atoms with Gasteiger partial charge in [-0.3, -0.25) is 4.98 Å². The van der Waals surface area contributed by atoms with Gasteiger partial charge in [-0.1, -0.05) is 18.2 Å². The molecule has 194 valence electrons. The number of hydrogen-bond acceptors (Lipinski definition) is 3. The second-order valence-corrected chi connectivity index (χ2v) is 11.4. The highest BCUT2D eigenvalue weighted by atomic mass is 79.9. The summed E-state index contributed by atoms with van der Waals surface area (Å²) in [7, 11) is 0. The predicted molar refractivity (Wildman–Crippen MR) is 160 cm³/mol. The Labute approximate surface area is 238 Å². The standard InChI is InChI=1S/C31H31BrN4OS/c1-20-19-25(21(2)35(20)28-13-6-5-11-26(28)32)30-29(27-12-7-8-18-33-27)34-31(38)36(30)22-14-16-24(17-15-22)37-23-9-3-4-10-23/h5-8,11-19,23,29-30H,3-4,9-10H2,1-2H3,(H,34,38)/t29-,30-/m0/s1. The van der Waals surface area contributed by atoms with E-state index in [9.17, 15) is 0 Å². The van der Waals surface area contributed by atoms with Gasteiger partial charge >= 0.3 is 0 Å². The van der Waals surface area contributed by atoms with Crippen molar-refractivity contribution in [1.29, 1.82) is 0 Å². The van der Waals surface area contributed by atoms with Crippen molar-refractivity contribution in [1.82, 2.24) is 14.9 Å². The lowest BCUT2D eigenvalue weighted by atomic mass is 9.96. The number of halogens is 1. The number of pyridine rings is 1. The fraction of sp³-hybridized carbons (Fsp3) is 0.290. The molecule has 1 aliphatic heterocycles. The molecule has 0 spiro atoms. The first-order valence-electron chi connectivity index (χ1n) is 13.2. The zero-order valence-corrected chi connectivity index (χ0v) is 24.0. The largest absolute Gasteiger partial charge is 0.490 e. The van der Waals surface area contributed by atoms with E-state index in [2.05, 4.69) is 99.2 Å². The van der Waals surface area contributed by atoms with Crippen LogP contribution in [0.3, 0.4) is 0 Å². The molecule has 2 aromatic carbocycles. The summed E-state index contributed by atoms with van der Waals surface area (Å²) < 4.78 is 9.61. The molecule has 1 saturated carbocycles. The normalized spacial score (nSPS) is 19.7. The highest BCUT2D eigenvalue weighted by Gasteiger charge is 2.42. The van der Waals surface area contributed by atoms with Crippen molar-refractivity contribution in [3.63, 3.8) is 0 Å². The summed E-state index contributed by atoms with van der Waals surface area (Å²) in [6, 6.07) is 24.9. The van der Waals surface area contributed by atoms with Crippen LogP contribution in [-0.4, -0.2) is 20.8 Å². The van der Waals surface area contributed by atoms with E-state index < -0.39 is 0 Å². The molecular formula is C31H31BrN4OS. The van der Waals surface area contributed by atoms with Crippen LogP contribution in [0.25, 0.3) is 5.69 Å². The smallest absolute Gasteiger partial charge is 0.174 e. The molecule has 2 aliphatic rings. The number of aryl methyl sites for hydroxylation is 1. The first-order chi connectivity index (χ1) is 18.5. The topological polar surface area (TPSA) is 42.3 Å². The van der Waals surface area contributed by atoms with E-state index in [1.807, 2.05) is 24.4 Å². The number of nitrogens with zero attached hydrogens (tertiary/aromatic N) is 3. The number of para-hydroxylation sites is 1. The van der Waals surface area contributed by atoms with Crippen LogP contribution in [0, 0.1) is 13.8 Å². The van der Waals surface area contributed by atoms with Crippen molar-refractivity contribution in [3.8, 4) is 11.4 Å². The van der Waals surface area contributed by atoms with Gasteiger partial charge in [-0.25, -0.2) is 0 Å². The third kappa shape index (κ3) is 4.63. The van der Waals surface area contributed by atoms with Gasteiger partial charge in [-0.05, 0) is 128 Å². The summed E-state index contributed by atoms with van der Waals surface area (Å²) >= 11 is 9.72. The van der Waals surface area contributed by atoms with Crippen LogP contribution in [0.15, 0.2) is 83.5 Å². The second-order valence-electron chi connectivity index (χ2n) is 10.1. The summed E-state index contributed by atoms with van der Waals surface area (Å²) in [4.78, 5) is 6.95. The molecular weight excluding hydrogens is 556 g/mol. The number of ether oxygens (including phenoxy) is 1. The molecule has 6 rings (SSSR count). The Morgan fingerprint density at radius 1 is 0.974 bits per heavy atom. The number of hydrogen-bond donors (Lipinski definition) is 1. The van der Waals surface area contributed by atoms with Gasteiger partial charge in [-0.2, -0.15) is 0 Å². The fourth-order valence-electron chi connectivity index (χ4n) is 5.92. The van der Waals surface area contributed by atoms with Crippen molar-refractivity contribution in [2.45, 2.75) is 57.7 Å². The molecule has 1 aliphatic carbocycles. The van der Waals surface area contributed by atoms with Crippen LogP contribution in [0.1, 0.15) is 60.4 Å². The maximum Gasteiger partial charge on any atom is 0.174 e. The molecule has 1 N–H and O–H groups in total. The Morgan fingerprint density at radius 2 is 1.71 bits per heavy atom. The molecule has 0 amide bonds. The zero-order valence-electron chi connectivity index (χ0n) is 21.6. The SMILES string of the molecule is Cc1cc([C@H]2[C@H](c3ccccn3)NC(=S)N2c2ccc(OC3CCCC3)cc2)c(C)n1-c1ccccc1Br. The van der Waals surface area contributed by atoms with Gasteiger partial charge in [0.1, 0.15) is 5.75 Å². The van der Waals surface area contributed by atoms with Gasteiger partial charge in [0.2, 0.25) is 0 Å². The molecule has 3 heterocycles. The summed E-state index contributed by atoms with van der Waals surface area (Å²) in [5, 5.41) is 4.29. The molecule has 5 nitrogen and oxygen atoms in total. The Morgan fingerprint density at radius 3 is 2.42 bits per heavy atom. The first-order valence-corrected chi connectivity index (χ1v) is 14.4. The van der Waals surface area contributed by atoms with Crippen molar-refractivity contribution >= 4 is 38.9 Å². The number of nitrogens with one attached hydrogen (secondary N) is 1. The number of rotatable bonds is 6. The third-order valence-corrected chi connectivity index (χ3v) is 8.69. The molecule has 0 unspecified atom stereocenters. The average Bonchev–Trinajstić information content (AvgIpc) is 3.63. The van der Waals surface area contributed by atoms with E-state index in [1.54, 1.807) is 0 Å². The van der Waals surface area contributed by atoms with Gasteiger partial charge < -0.3 is 19.5 Å². The minimum Gasteiger partial charge on any atom is -0.490 e. The van der Waals surface area contributed by atoms with E-state index in [-0.39, 0.29) is 12.1 Å². The molecule has 4 aromatic rings. The van der Waals surface area contributed by atoms with Gasteiger partial charge in [0.25, 0.3) is 0 Å². The molecule has 2 fully saturated rings. The molecule has 2 aromatic heterocycles. The summed E-state index contributed by atoms with van der Waals surface area (Å²) in [5.41, 5.74) is 6.69. The Hall–Kier alpha value is -3.16. The van der Waals surface area contributed by atoms with Crippen LogP contribution < -0.4 is 15.0 Å². The van der Waals surface area contributed by atoms with Crippen molar-refractivity contribution in [3.05, 3.63) is 106 Å². The maximum absolute atomic E-state index is 6.24. The number of thiocarbonyl (C=S) groups is 1. The lowest BCUT2D eigenvalue weighted by Crippen LogP contribution is -2.29. The molecule has 0 radical (unpaired) electrons. The summed E-state index contributed by atoms with van der Waals surface area (Å²) in [5.74, 6) is 0.920. The summed E-state index contributed by atoms with van der Waals surface area (Å²) in [6.45, 7) is 4.35. The van der Waals surface area contributed by atoms with Gasteiger partial charge in [-0.15, -0.1) is 0 Å². The highest BCUT2D eigenvalue weighted by Crippen LogP contribution is 2.44. The lowest BCUT2D eigenvalue weighted by molar-refractivity contribution is 0.210. The van der Waals surface area contributed by atoms with Crippen LogP contribution in [0.2, 0.25) is 0 Å². The van der Waals surface area contributed by atoms with Crippen LogP contribution >= 0.6 is 28.1 Å². The second kappa shape index (κ2) is 10.5. The minimum absolute atomic E-state index is 0.0681. The maximum atomic E-state index is 6.24. The monoisotopic (exact) mass is 586 g/mol. The van der Waals surface area contributed by atoms with Crippen LogP contribution in [0.5, 0.6) is 5.75 Å². The van der Waals surface area contributed by atoms with E-state index in [1.165, 1.54) is 29.8 Å². The third-order valence-electron chi connectivity index (χ3n) is 7.70. The quantitative estimate of drug-likeness (QED) is 0.234. The van der Waals surface area contributed by atoms with Crippen molar-refractivity contribution < 1.29 is 4.74 Å². The predicted octanol–water partition coefficient (Wildman–Crippen LogP) is 7.75. The molecule has 2 atom stereocenters. The Bertz CT molecular complexity index is 1450. The van der Waals surface area contributed by atoms with E-state index in [0.29, 0.717) is 11.2 Å². The lowest BCUT2D eigenvalue weighted by Gasteiger charge is -2.28. The van der Waals surface area contributed by atoms with E-state index in [4.69, 9.17) is 21.9 Å². The Kier molecular flexibility index (Phi) is 6.97. The number of anilines is 1. The van der Waals surface area contributed by atoms with Gasteiger partial charge in [0.05, 0.1) is 29.6 Å². The van der Waals surface area contributed by atoms with Gasteiger partial charge in [0.15, 0.2) is 5.11 Å². The molecule has 38 heavy (non-hydrogen) atoms. The first kappa shape index (κ1) is 25.1. The van der Waals surface area contributed by atoms with Crippen LogP contribution in [0.4, 0.5) is 5.69 Å². The molecule has 1 saturated heterocycles. The van der Waals surface area contributed by atoms with Crippen molar-refractivity contribution in [2.24, 2.45) is 0 Å². The van der Waals surface area contributed by atoms with E-state index >= 15 is 0 Å². The fourth-order valence-corrected chi connectivity index (χ4v) is 6.73. The van der Waals surface area contributed by atoms with Crippen LogP contribution in [-0.2, 0) is 0 Å².